The van der Waals surface area contributed by atoms with Gasteiger partial charge < -0.3 is 14.4 Å². The highest BCUT2D eigenvalue weighted by molar-refractivity contribution is 6.30. The van der Waals surface area contributed by atoms with Crippen LogP contribution in [0, 0.1) is 5.92 Å². The van der Waals surface area contributed by atoms with Crippen molar-refractivity contribution in [1.82, 2.24) is 14.9 Å². The normalized spacial score (nSPS) is 18.7. The average molecular weight is 376 g/mol. The standard InChI is InChI=1S/C19H22ClN3O3/c1-11(10-25-2)15-6-22-18(16-7-21-17(20)5-14(15)16)26-13-8-23(9-13)19(24)12-3-4-12/h5-7,11-13H,3-4,8-10H2,1-2H3. The number of carbonyl (C=O) groups is 1. The Morgan fingerprint density at radius 2 is 2.08 bits per heavy atom. The molecule has 138 valence electrons. The topological polar surface area (TPSA) is 64.6 Å². The number of pyridine rings is 2. The molecule has 7 heteroatoms. The summed E-state index contributed by atoms with van der Waals surface area (Å²) in [6, 6.07) is 1.84. The Bertz CT molecular complexity index is 834. The molecule has 1 aliphatic heterocycles. The third-order valence-electron chi connectivity index (χ3n) is 5.05. The molecule has 0 N–H and O–H groups in total. The lowest BCUT2D eigenvalue weighted by molar-refractivity contribution is -0.141. The van der Waals surface area contributed by atoms with Gasteiger partial charge in [-0.05, 0) is 29.9 Å². The van der Waals surface area contributed by atoms with E-state index in [0.29, 0.717) is 30.7 Å². The largest absolute Gasteiger partial charge is 0.470 e. The van der Waals surface area contributed by atoms with Crippen molar-refractivity contribution in [3.05, 3.63) is 29.2 Å². The smallest absolute Gasteiger partial charge is 0.225 e. The summed E-state index contributed by atoms with van der Waals surface area (Å²) in [5.41, 5.74) is 1.05. The van der Waals surface area contributed by atoms with Crippen molar-refractivity contribution < 1.29 is 14.3 Å². The summed E-state index contributed by atoms with van der Waals surface area (Å²) >= 11 is 6.11. The molecular weight excluding hydrogens is 354 g/mol. The number of aromatic nitrogens is 2. The molecule has 1 saturated carbocycles. The van der Waals surface area contributed by atoms with E-state index in [1.165, 1.54) is 0 Å². The third-order valence-corrected chi connectivity index (χ3v) is 5.25. The first-order valence-electron chi connectivity index (χ1n) is 8.95. The molecule has 3 heterocycles. The minimum atomic E-state index is -0.0219. The van der Waals surface area contributed by atoms with E-state index in [4.69, 9.17) is 21.1 Å². The zero-order chi connectivity index (χ0) is 18.3. The Labute approximate surface area is 157 Å². The van der Waals surface area contributed by atoms with E-state index in [2.05, 4.69) is 16.9 Å². The molecule has 1 atom stereocenters. The monoisotopic (exact) mass is 375 g/mol. The molecule has 1 aliphatic carbocycles. The molecular formula is C19H22ClN3O3. The summed E-state index contributed by atoms with van der Waals surface area (Å²) in [5, 5.41) is 2.25. The van der Waals surface area contributed by atoms with Crippen molar-refractivity contribution in [2.24, 2.45) is 5.92 Å². The van der Waals surface area contributed by atoms with Crippen LogP contribution in [0.4, 0.5) is 0 Å². The fraction of sp³-hybridized carbons (Fsp3) is 0.526. The second kappa shape index (κ2) is 7.00. The van der Waals surface area contributed by atoms with E-state index in [0.717, 1.165) is 29.2 Å². The number of hydrogen-bond acceptors (Lipinski definition) is 5. The van der Waals surface area contributed by atoms with Gasteiger partial charge in [0.1, 0.15) is 11.3 Å². The van der Waals surface area contributed by atoms with Crippen molar-refractivity contribution in [2.45, 2.75) is 31.8 Å². The van der Waals surface area contributed by atoms with Crippen LogP contribution in [0.2, 0.25) is 5.15 Å². The van der Waals surface area contributed by atoms with Gasteiger partial charge in [0.15, 0.2) is 0 Å². The SMILES string of the molecule is COCC(C)c1cnc(OC2CN(C(=O)C3CC3)C2)c2cnc(Cl)cc12. The van der Waals surface area contributed by atoms with E-state index < -0.39 is 0 Å². The molecule has 26 heavy (non-hydrogen) atoms. The number of fused-ring (bicyclic) bond motifs is 1. The van der Waals surface area contributed by atoms with Gasteiger partial charge in [0.05, 0.1) is 25.1 Å². The van der Waals surface area contributed by atoms with Crippen LogP contribution in [0.25, 0.3) is 10.8 Å². The van der Waals surface area contributed by atoms with E-state index in [9.17, 15) is 4.79 Å². The zero-order valence-electron chi connectivity index (χ0n) is 14.9. The predicted octanol–water partition coefficient (Wildman–Crippen LogP) is 3.03. The number of hydrogen-bond donors (Lipinski definition) is 0. The molecule has 2 aliphatic rings. The number of rotatable bonds is 6. The van der Waals surface area contributed by atoms with Crippen molar-refractivity contribution in [1.29, 1.82) is 0 Å². The summed E-state index contributed by atoms with van der Waals surface area (Å²) in [7, 11) is 1.68. The molecule has 2 aromatic rings. The number of nitrogens with zero attached hydrogens (tertiary/aromatic N) is 3. The number of methoxy groups -OCH3 is 1. The van der Waals surface area contributed by atoms with Crippen LogP contribution in [-0.2, 0) is 9.53 Å². The highest BCUT2D eigenvalue weighted by Gasteiger charge is 2.40. The molecule has 0 aromatic carbocycles. The van der Waals surface area contributed by atoms with Gasteiger partial charge in [-0.25, -0.2) is 9.97 Å². The Morgan fingerprint density at radius 1 is 1.31 bits per heavy atom. The highest BCUT2D eigenvalue weighted by Crippen LogP contribution is 2.35. The fourth-order valence-corrected chi connectivity index (χ4v) is 3.53. The summed E-state index contributed by atoms with van der Waals surface area (Å²) in [6.07, 6.45) is 5.56. The average Bonchev–Trinajstić information content (AvgIpc) is 3.42. The Balaban J connectivity index is 1.54. The Kier molecular flexibility index (Phi) is 4.71. The maximum absolute atomic E-state index is 12.0. The zero-order valence-corrected chi connectivity index (χ0v) is 15.7. The van der Waals surface area contributed by atoms with Crippen LogP contribution in [0.3, 0.4) is 0 Å². The van der Waals surface area contributed by atoms with Gasteiger partial charge in [-0.2, -0.15) is 0 Å². The van der Waals surface area contributed by atoms with Crippen molar-refractivity contribution >= 4 is 28.3 Å². The maximum atomic E-state index is 12.0. The molecule has 1 unspecified atom stereocenters. The van der Waals surface area contributed by atoms with E-state index in [1.807, 2.05) is 17.2 Å². The third kappa shape index (κ3) is 3.35. The minimum Gasteiger partial charge on any atom is -0.470 e. The maximum Gasteiger partial charge on any atom is 0.225 e. The van der Waals surface area contributed by atoms with Gasteiger partial charge in [0.25, 0.3) is 0 Å². The number of ether oxygens (including phenoxy) is 2. The Morgan fingerprint density at radius 3 is 2.77 bits per heavy atom. The number of carbonyl (C=O) groups excluding carboxylic acids is 1. The molecule has 6 nitrogen and oxygen atoms in total. The van der Waals surface area contributed by atoms with Crippen LogP contribution in [-0.4, -0.2) is 53.7 Å². The number of amides is 1. The summed E-state index contributed by atoms with van der Waals surface area (Å²) < 4.78 is 11.3. The lowest BCUT2D eigenvalue weighted by Gasteiger charge is -2.39. The second-order valence-electron chi connectivity index (χ2n) is 7.19. The molecule has 1 amide bonds. The molecule has 1 saturated heterocycles. The molecule has 2 fully saturated rings. The van der Waals surface area contributed by atoms with Crippen LogP contribution < -0.4 is 4.74 Å². The van der Waals surface area contributed by atoms with Crippen LogP contribution in [0.15, 0.2) is 18.5 Å². The van der Waals surface area contributed by atoms with Crippen molar-refractivity contribution in [3.63, 3.8) is 0 Å². The van der Waals surface area contributed by atoms with Gasteiger partial charge in [-0.15, -0.1) is 0 Å². The number of likely N-dealkylation sites (tertiary alicyclic amines) is 1. The molecule has 0 radical (unpaired) electrons. The van der Waals surface area contributed by atoms with Gasteiger partial charge >= 0.3 is 0 Å². The summed E-state index contributed by atoms with van der Waals surface area (Å²) in [4.78, 5) is 22.6. The predicted molar refractivity (Wildman–Crippen MR) is 98.6 cm³/mol. The summed E-state index contributed by atoms with van der Waals surface area (Å²) in [6.45, 7) is 3.93. The lowest BCUT2D eigenvalue weighted by atomic mass is 9.98. The number of halogens is 1. The minimum absolute atomic E-state index is 0.0219. The quantitative estimate of drug-likeness (QED) is 0.726. The molecule has 2 aromatic heterocycles. The van der Waals surface area contributed by atoms with E-state index in [1.54, 1.807) is 13.3 Å². The lowest BCUT2D eigenvalue weighted by Crippen LogP contribution is -2.56. The first-order valence-corrected chi connectivity index (χ1v) is 9.33. The van der Waals surface area contributed by atoms with E-state index in [-0.39, 0.29) is 23.8 Å². The highest BCUT2D eigenvalue weighted by atomic mass is 35.5. The van der Waals surface area contributed by atoms with Gasteiger partial charge in [-0.3, -0.25) is 4.79 Å². The first kappa shape index (κ1) is 17.5. The van der Waals surface area contributed by atoms with Gasteiger partial charge in [0.2, 0.25) is 11.8 Å². The van der Waals surface area contributed by atoms with Crippen molar-refractivity contribution in [2.75, 3.05) is 26.8 Å². The Hall–Kier alpha value is -1.92. The first-order chi connectivity index (χ1) is 12.6. The van der Waals surface area contributed by atoms with Crippen LogP contribution >= 0.6 is 11.6 Å². The molecule has 0 bridgehead atoms. The van der Waals surface area contributed by atoms with Gasteiger partial charge in [-0.1, -0.05) is 18.5 Å². The van der Waals surface area contributed by atoms with Crippen molar-refractivity contribution in [3.8, 4) is 5.88 Å². The summed E-state index contributed by atoms with van der Waals surface area (Å²) in [5.74, 6) is 1.24. The second-order valence-corrected chi connectivity index (χ2v) is 7.57. The molecule has 4 rings (SSSR count). The molecule has 0 spiro atoms. The fourth-order valence-electron chi connectivity index (χ4n) is 3.37. The van der Waals surface area contributed by atoms with Crippen LogP contribution in [0.5, 0.6) is 5.88 Å². The van der Waals surface area contributed by atoms with E-state index >= 15 is 0 Å². The van der Waals surface area contributed by atoms with Gasteiger partial charge in [0, 0.05) is 31.3 Å². The van der Waals surface area contributed by atoms with Crippen LogP contribution in [0.1, 0.15) is 31.2 Å².